The molecule has 1 saturated heterocycles. The first kappa shape index (κ1) is 10.4. The van der Waals surface area contributed by atoms with Crippen molar-refractivity contribution >= 4 is 15.5 Å². The van der Waals surface area contributed by atoms with E-state index in [4.69, 9.17) is 5.73 Å². The first-order valence-electron chi connectivity index (χ1n) is 4.73. The fourth-order valence-electron chi connectivity index (χ4n) is 1.87. The molecule has 1 fully saturated rings. The van der Waals surface area contributed by atoms with Crippen molar-refractivity contribution in [3.63, 3.8) is 0 Å². The molecule has 0 aromatic heterocycles. The van der Waals surface area contributed by atoms with E-state index in [-0.39, 0.29) is 23.1 Å². The average Bonchev–Trinajstić information content (AvgIpc) is 2.51. The predicted octanol–water partition coefficient (Wildman–Crippen LogP) is 1.31. The number of hydrogen-bond acceptors (Lipinski definition) is 3. The summed E-state index contributed by atoms with van der Waals surface area (Å²) in [5, 5.41) is 0. The van der Waals surface area contributed by atoms with Crippen LogP contribution in [-0.2, 0) is 9.84 Å². The van der Waals surface area contributed by atoms with Crippen LogP contribution in [0.1, 0.15) is 17.9 Å². The van der Waals surface area contributed by atoms with Crippen LogP contribution in [0, 0.1) is 5.82 Å². The highest BCUT2D eigenvalue weighted by Gasteiger charge is 2.29. The number of halogens is 1. The number of benzene rings is 1. The van der Waals surface area contributed by atoms with Crippen LogP contribution < -0.4 is 5.73 Å². The topological polar surface area (TPSA) is 60.2 Å². The van der Waals surface area contributed by atoms with Crippen LogP contribution in [0.5, 0.6) is 0 Å². The standard InChI is InChI=1S/C10H12FNO2S/c11-9-2-1-7(5-10(9)12)8-3-4-15(13,14)6-8/h1-2,5,8H,3-4,6,12H2. The maximum Gasteiger partial charge on any atom is 0.150 e. The molecule has 0 aliphatic carbocycles. The van der Waals surface area contributed by atoms with Gasteiger partial charge in [-0.3, -0.25) is 0 Å². The Kier molecular flexibility index (Phi) is 2.42. The van der Waals surface area contributed by atoms with E-state index in [0.717, 1.165) is 5.56 Å². The van der Waals surface area contributed by atoms with Crippen LogP contribution in [0.25, 0.3) is 0 Å². The number of anilines is 1. The molecule has 1 aliphatic heterocycles. The van der Waals surface area contributed by atoms with Crippen LogP contribution in [0.3, 0.4) is 0 Å². The summed E-state index contributed by atoms with van der Waals surface area (Å²) in [7, 11) is -2.90. The molecule has 5 heteroatoms. The molecule has 3 nitrogen and oxygen atoms in total. The molecular weight excluding hydrogens is 217 g/mol. The Morgan fingerprint density at radius 3 is 2.67 bits per heavy atom. The molecule has 0 amide bonds. The normalized spacial score (nSPS) is 24.2. The number of nitrogen functional groups attached to an aromatic ring is 1. The third-order valence-corrected chi connectivity index (χ3v) is 4.49. The van der Waals surface area contributed by atoms with Crippen LogP contribution in [0.4, 0.5) is 10.1 Å². The van der Waals surface area contributed by atoms with Gasteiger partial charge in [-0.05, 0) is 30.0 Å². The fraction of sp³-hybridized carbons (Fsp3) is 0.400. The van der Waals surface area contributed by atoms with Gasteiger partial charge in [0.1, 0.15) is 5.82 Å². The first-order valence-corrected chi connectivity index (χ1v) is 6.55. The van der Waals surface area contributed by atoms with E-state index in [1.165, 1.54) is 12.1 Å². The quantitative estimate of drug-likeness (QED) is 0.739. The molecule has 82 valence electrons. The highest BCUT2D eigenvalue weighted by atomic mass is 32.2. The molecule has 1 atom stereocenters. The van der Waals surface area contributed by atoms with E-state index in [0.29, 0.717) is 6.42 Å². The summed E-state index contributed by atoms with van der Waals surface area (Å²) in [5.41, 5.74) is 6.33. The maximum atomic E-state index is 12.9. The second kappa shape index (κ2) is 3.48. The van der Waals surface area contributed by atoms with Gasteiger partial charge in [0.15, 0.2) is 9.84 Å². The molecule has 1 heterocycles. The van der Waals surface area contributed by atoms with Gasteiger partial charge < -0.3 is 5.73 Å². The van der Waals surface area contributed by atoms with Gasteiger partial charge >= 0.3 is 0 Å². The maximum absolute atomic E-state index is 12.9. The van der Waals surface area contributed by atoms with Crippen molar-refractivity contribution in [2.24, 2.45) is 0 Å². The number of rotatable bonds is 1. The second-order valence-corrected chi connectivity index (χ2v) is 6.11. The Bertz CT molecular complexity index is 484. The van der Waals surface area contributed by atoms with Gasteiger partial charge in [-0.25, -0.2) is 12.8 Å². The Morgan fingerprint density at radius 2 is 2.13 bits per heavy atom. The smallest absolute Gasteiger partial charge is 0.150 e. The molecule has 1 aromatic rings. The first-order chi connectivity index (χ1) is 6.98. The molecule has 1 unspecified atom stereocenters. The summed E-state index contributed by atoms with van der Waals surface area (Å²) in [6, 6.07) is 4.42. The van der Waals surface area contributed by atoms with Gasteiger partial charge in [0.2, 0.25) is 0 Å². The van der Waals surface area contributed by atoms with Crippen molar-refractivity contribution in [1.29, 1.82) is 0 Å². The van der Waals surface area contributed by atoms with Gasteiger partial charge in [-0.2, -0.15) is 0 Å². The second-order valence-electron chi connectivity index (χ2n) is 3.88. The minimum Gasteiger partial charge on any atom is -0.396 e. The fourth-order valence-corrected chi connectivity index (χ4v) is 3.66. The zero-order valence-corrected chi connectivity index (χ0v) is 8.93. The molecular formula is C10H12FNO2S. The highest BCUT2D eigenvalue weighted by Crippen LogP contribution is 2.30. The van der Waals surface area contributed by atoms with E-state index in [9.17, 15) is 12.8 Å². The Balaban J connectivity index is 2.28. The van der Waals surface area contributed by atoms with Crippen molar-refractivity contribution in [3.8, 4) is 0 Å². The lowest BCUT2D eigenvalue weighted by Crippen LogP contribution is -2.04. The average molecular weight is 229 g/mol. The van der Waals surface area contributed by atoms with Crippen molar-refractivity contribution in [2.45, 2.75) is 12.3 Å². The minimum atomic E-state index is -2.90. The lowest BCUT2D eigenvalue weighted by Gasteiger charge is -2.08. The summed E-state index contributed by atoms with van der Waals surface area (Å²) in [6.07, 6.45) is 0.605. The Hall–Kier alpha value is -1.10. The molecule has 0 saturated carbocycles. The number of sulfone groups is 1. The molecule has 0 radical (unpaired) electrons. The minimum absolute atomic E-state index is 0.0297. The largest absolute Gasteiger partial charge is 0.396 e. The molecule has 2 rings (SSSR count). The molecule has 1 aliphatic rings. The third-order valence-electron chi connectivity index (χ3n) is 2.72. The van der Waals surface area contributed by atoms with Crippen LogP contribution in [0.15, 0.2) is 18.2 Å². The van der Waals surface area contributed by atoms with Crippen LogP contribution >= 0.6 is 0 Å². The van der Waals surface area contributed by atoms with E-state index in [1.807, 2.05) is 0 Å². The van der Waals surface area contributed by atoms with E-state index in [1.54, 1.807) is 6.07 Å². The van der Waals surface area contributed by atoms with Crippen LogP contribution in [-0.4, -0.2) is 19.9 Å². The highest BCUT2D eigenvalue weighted by molar-refractivity contribution is 7.91. The van der Waals surface area contributed by atoms with Crippen molar-refractivity contribution in [2.75, 3.05) is 17.2 Å². The van der Waals surface area contributed by atoms with E-state index >= 15 is 0 Å². The molecule has 1 aromatic carbocycles. The summed E-state index contributed by atoms with van der Waals surface area (Å²) < 4.78 is 35.4. The summed E-state index contributed by atoms with van der Waals surface area (Å²) >= 11 is 0. The third kappa shape index (κ3) is 2.12. The van der Waals surface area contributed by atoms with Gasteiger partial charge in [-0.1, -0.05) is 6.07 Å². The van der Waals surface area contributed by atoms with Gasteiger partial charge in [-0.15, -0.1) is 0 Å². The SMILES string of the molecule is Nc1cc(C2CCS(=O)(=O)C2)ccc1F. The van der Waals surface area contributed by atoms with Gasteiger partial charge in [0, 0.05) is 0 Å². The summed E-state index contributed by atoms with van der Waals surface area (Å²) in [5.74, 6) is -0.120. The van der Waals surface area contributed by atoms with Crippen molar-refractivity contribution < 1.29 is 12.8 Å². The van der Waals surface area contributed by atoms with Gasteiger partial charge in [0.25, 0.3) is 0 Å². The molecule has 2 N–H and O–H groups in total. The van der Waals surface area contributed by atoms with Crippen molar-refractivity contribution in [1.82, 2.24) is 0 Å². The zero-order valence-electron chi connectivity index (χ0n) is 8.11. The van der Waals surface area contributed by atoms with Gasteiger partial charge in [0.05, 0.1) is 17.2 Å². The summed E-state index contributed by atoms with van der Waals surface area (Å²) in [6.45, 7) is 0. The number of hydrogen-bond donors (Lipinski definition) is 1. The molecule has 0 spiro atoms. The Morgan fingerprint density at radius 1 is 1.40 bits per heavy atom. The van der Waals surface area contributed by atoms with Crippen molar-refractivity contribution in [3.05, 3.63) is 29.6 Å². The monoisotopic (exact) mass is 229 g/mol. The lowest BCUT2D eigenvalue weighted by atomic mass is 9.98. The predicted molar refractivity (Wildman–Crippen MR) is 56.8 cm³/mol. The lowest BCUT2D eigenvalue weighted by molar-refractivity contribution is 0.601. The van der Waals surface area contributed by atoms with E-state index < -0.39 is 15.7 Å². The number of nitrogens with two attached hydrogens (primary N) is 1. The van der Waals surface area contributed by atoms with Crippen LogP contribution in [0.2, 0.25) is 0 Å². The molecule has 0 bridgehead atoms. The Labute approximate surface area is 88.0 Å². The summed E-state index contributed by atoms with van der Waals surface area (Å²) in [4.78, 5) is 0. The zero-order chi connectivity index (χ0) is 11.1. The molecule has 15 heavy (non-hydrogen) atoms. The van der Waals surface area contributed by atoms with E-state index in [2.05, 4.69) is 0 Å².